The Hall–Kier alpha value is -2.75. The topological polar surface area (TPSA) is 75.0 Å². The van der Waals surface area contributed by atoms with Crippen LogP contribution in [0.5, 0.6) is 17.2 Å². The first-order valence-electron chi connectivity index (χ1n) is 8.93. The molecule has 0 radical (unpaired) electrons. The van der Waals surface area contributed by atoms with Crippen LogP contribution in [0.25, 0.3) is 0 Å². The van der Waals surface area contributed by atoms with Crippen LogP contribution in [0, 0.1) is 11.3 Å². The Morgan fingerprint density at radius 2 is 1.81 bits per heavy atom. The molecule has 6 nitrogen and oxygen atoms in total. The fourth-order valence-electron chi connectivity index (χ4n) is 3.42. The lowest BCUT2D eigenvalue weighted by Crippen LogP contribution is -2.35. The Labute approximate surface area is 159 Å². The van der Waals surface area contributed by atoms with Crippen molar-refractivity contribution < 1.29 is 19.3 Å². The summed E-state index contributed by atoms with van der Waals surface area (Å²) in [4.78, 5) is 2.19. The van der Waals surface area contributed by atoms with Crippen LogP contribution in [0.15, 0.2) is 36.4 Å². The maximum Gasteiger partial charge on any atom is 0.125 e. The van der Waals surface area contributed by atoms with Crippen molar-refractivity contribution in [3.63, 3.8) is 0 Å². The molecule has 0 fully saturated rings. The first-order valence-corrected chi connectivity index (χ1v) is 8.93. The third-order valence-corrected chi connectivity index (χ3v) is 4.73. The number of rotatable bonds is 7. The van der Waals surface area contributed by atoms with E-state index in [0.29, 0.717) is 31.0 Å². The lowest BCUT2D eigenvalue weighted by atomic mass is 9.95. The predicted molar refractivity (Wildman–Crippen MR) is 101 cm³/mol. The van der Waals surface area contributed by atoms with Gasteiger partial charge in [0.25, 0.3) is 0 Å². The second-order valence-electron chi connectivity index (χ2n) is 6.45. The maximum absolute atomic E-state index is 10.6. The highest BCUT2D eigenvalue weighted by Gasteiger charge is 2.29. The molecule has 1 aliphatic rings. The van der Waals surface area contributed by atoms with Crippen molar-refractivity contribution in [3.8, 4) is 23.3 Å². The lowest BCUT2D eigenvalue weighted by molar-refractivity contribution is 0.0850. The number of aliphatic hydroxyl groups is 1. The second-order valence-corrected chi connectivity index (χ2v) is 6.45. The summed E-state index contributed by atoms with van der Waals surface area (Å²) in [6, 6.07) is 12.9. The molecule has 3 rings (SSSR count). The van der Waals surface area contributed by atoms with Crippen LogP contribution in [0.2, 0.25) is 0 Å². The molecule has 0 amide bonds. The molecule has 0 saturated heterocycles. The van der Waals surface area contributed by atoms with E-state index in [0.717, 1.165) is 35.6 Å². The maximum atomic E-state index is 10.6. The van der Waals surface area contributed by atoms with Gasteiger partial charge in [-0.2, -0.15) is 5.26 Å². The zero-order chi connectivity index (χ0) is 19.2. The van der Waals surface area contributed by atoms with E-state index >= 15 is 0 Å². The van der Waals surface area contributed by atoms with E-state index in [4.69, 9.17) is 19.5 Å². The Balaban J connectivity index is 1.57. The number of benzene rings is 2. The molecule has 0 aromatic heterocycles. The standard InChI is InChI=1S/C21H24N2O4/c1-25-19-8-9-20(26-2)21-17(19)13-23(14-18(21)24)10-3-11-27-16-6-4-15(12-22)5-7-16/h4-9,18,24H,3,10-11,13-14H2,1-2H3. The third kappa shape index (κ3) is 4.33. The summed E-state index contributed by atoms with van der Waals surface area (Å²) >= 11 is 0. The molecular formula is C21H24N2O4. The quantitative estimate of drug-likeness (QED) is 0.758. The summed E-state index contributed by atoms with van der Waals surface area (Å²) in [5.74, 6) is 2.22. The molecule has 0 bridgehead atoms. The molecule has 1 heterocycles. The minimum Gasteiger partial charge on any atom is -0.496 e. The minimum absolute atomic E-state index is 0.549. The highest BCUT2D eigenvalue weighted by atomic mass is 16.5. The molecule has 6 heteroatoms. The number of nitrogens with zero attached hydrogens (tertiary/aromatic N) is 2. The lowest BCUT2D eigenvalue weighted by Gasteiger charge is -2.33. The number of aliphatic hydroxyl groups excluding tert-OH is 1. The first-order chi connectivity index (χ1) is 13.2. The van der Waals surface area contributed by atoms with E-state index in [1.54, 1.807) is 38.5 Å². The van der Waals surface area contributed by atoms with E-state index in [9.17, 15) is 5.11 Å². The summed E-state index contributed by atoms with van der Waals surface area (Å²) < 4.78 is 16.6. The minimum atomic E-state index is -0.613. The zero-order valence-corrected chi connectivity index (χ0v) is 15.6. The number of β-amino-alcohol motifs (C(OH)–C–C–N with tert-alkyl or cyclic N) is 1. The fourth-order valence-corrected chi connectivity index (χ4v) is 3.42. The molecule has 142 valence electrons. The van der Waals surface area contributed by atoms with Gasteiger partial charge in [-0.15, -0.1) is 0 Å². The Morgan fingerprint density at radius 3 is 2.48 bits per heavy atom. The molecule has 0 saturated carbocycles. The second kappa shape index (κ2) is 8.76. The van der Waals surface area contributed by atoms with Gasteiger partial charge in [-0.1, -0.05) is 0 Å². The Kier molecular flexibility index (Phi) is 6.17. The van der Waals surface area contributed by atoms with Gasteiger partial charge in [-0.25, -0.2) is 0 Å². The fraction of sp³-hybridized carbons (Fsp3) is 0.381. The molecule has 0 spiro atoms. The number of ether oxygens (including phenoxy) is 3. The number of fused-ring (bicyclic) bond motifs is 1. The summed E-state index contributed by atoms with van der Waals surface area (Å²) in [6.07, 6.45) is 0.215. The Morgan fingerprint density at radius 1 is 1.11 bits per heavy atom. The van der Waals surface area contributed by atoms with Gasteiger partial charge in [-0.05, 0) is 42.8 Å². The molecule has 1 N–H and O–H groups in total. The summed E-state index contributed by atoms with van der Waals surface area (Å²) in [5.41, 5.74) is 2.42. The van der Waals surface area contributed by atoms with Gasteiger partial charge in [-0.3, -0.25) is 4.90 Å². The number of hydrogen-bond acceptors (Lipinski definition) is 6. The van der Waals surface area contributed by atoms with Crippen LogP contribution in [0.1, 0.15) is 29.2 Å². The van der Waals surface area contributed by atoms with Crippen LogP contribution >= 0.6 is 0 Å². The SMILES string of the molecule is COc1ccc(OC)c2c1CN(CCCOc1ccc(C#N)cc1)CC2O. The van der Waals surface area contributed by atoms with Crippen LogP contribution in [-0.4, -0.2) is 43.9 Å². The van der Waals surface area contributed by atoms with Gasteiger partial charge >= 0.3 is 0 Å². The van der Waals surface area contributed by atoms with Crippen LogP contribution < -0.4 is 14.2 Å². The monoisotopic (exact) mass is 368 g/mol. The van der Waals surface area contributed by atoms with E-state index < -0.39 is 6.10 Å². The van der Waals surface area contributed by atoms with Crippen molar-refractivity contribution in [2.45, 2.75) is 19.1 Å². The predicted octanol–water partition coefficient (Wildman–Crippen LogP) is 2.89. The van der Waals surface area contributed by atoms with E-state index in [2.05, 4.69) is 11.0 Å². The largest absolute Gasteiger partial charge is 0.496 e. The summed E-state index contributed by atoms with van der Waals surface area (Å²) in [7, 11) is 3.25. The highest BCUT2D eigenvalue weighted by Crippen LogP contribution is 2.39. The van der Waals surface area contributed by atoms with Crippen molar-refractivity contribution in [1.82, 2.24) is 4.90 Å². The molecule has 2 aromatic carbocycles. The van der Waals surface area contributed by atoms with Gasteiger partial charge in [0.15, 0.2) is 0 Å². The van der Waals surface area contributed by atoms with Gasteiger partial charge in [0.2, 0.25) is 0 Å². The molecule has 0 aliphatic carbocycles. The summed E-state index contributed by atoms with van der Waals surface area (Å²) in [6.45, 7) is 2.62. The van der Waals surface area contributed by atoms with Crippen molar-refractivity contribution in [1.29, 1.82) is 5.26 Å². The van der Waals surface area contributed by atoms with E-state index in [-0.39, 0.29) is 0 Å². The molecule has 27 heavy (non-hydrogen) atoms. The van der Waals surface area contributed by atoms with Crippen molar-refractivity contribution in [3.05, 3.63) is 53.1 Å². The average Bonchev–Trinajstić information content (AvgIpc) is 2.70. The van der Waals surface area contributed by atoms with Crippen LogP contribution in [0.3, 0.4) is 0 Å². The normalized spacial score (nSPS) is 16.3. The van der Waals surface area contributed by atoms with E-state index in [1.165, 1.54) is 0 Å². The molecule has 1 unspecified atom stereocenters. The van der Waals surface area contributed by atoms with Crippen molar-refractivity contribution >= 4 is 0 Å². The third-order valence-electron chi connectivity index (χ3n) is 4.73. The van der Waals surface area contributed by atoms with E-state index in [1.807, 2.05) is 12.1 Å². The van der Waals surface area contributed by atoms with Gasteiger partial charge in [0, 0.05) is 30.8 Å². The average molecular weight is 368 g/mol. The van der Waals surface area contributed by atoms with Crippen LogP contribution in [-0.2, 0) is 6.54 Å². The van der Waals surface area contributed by atoms with Gasteiger partial charge < -0.3 is 19.3 Å². The van der Waals surface area contributed by atoms with Crippen molar-refractivity contribution in [2.24, 2.45) is 0 Å². The summed E-state index contributed by atoms with van der Waals surface area (Å²) in [5, 5.41) is 19.4. The number of methoxy groups -OCH3 is 2. The van der Waals surface area contributed by atoms with Gasteiger partial charge in [0.1, 0.15) is 17.2 Å². The van der Waals surface area contributed by atoms with Gasteiger partial charge in [0.05, 0.1) is 38.6 Å². The van der Waals surface area contributed by atoms with Crippen molar-refractivity contribution in [2.75, 3.05) is 33.9 Å². The molecule has 2 aromatic rings. The molecule has 1 aliphatic heterocycles. The Bertz CT molecular complexity index is 814. The highest BCUT2D eigenvalue weighted by molar-refractivity contribution is 5.51. The smallest absolute Gasteiger partial charge is 0.125 e. The van der Waals surface area contributed by atoms with Crippen LogP contribution in [0.4, 0.5) is 0 Å². The number of nitriles is 1. The zero-order valence-electron chi connectivity index (χ0n) is 15.6. The molecule has 1 atom stereocenters. The first kappa shape index (κ1) is 19.0. The number of hydrogen-bond donors (Lipinski definition) is 1. The molecular weight excluding hydrogens is 344 g/mol.